The summed E-state index contributed by atoms with van der Waals surface area (Å²) < 4.78 is 18.4. The van der Waals surface area contributed by atoms with E-state index < -0.39 is 17.7 Å². The summed E-state index contributed by atoms with van der Waals surface area (Å²) in [7, 11) is 0. The molecule has 2 N–H and O–H groups in total. The highest BCUT2D eigenvalue weighted by Crippen LogP contribution is 2.89. The number of carboxylic acid groups (broad SMARTS) is 1. The third-order valence-electron chi connectivity index (χ3n) is 14.4. The minimum Gasteiger partial charge on any atom is -0.481 e. The number of carbonyl (C=O) groups excluding carboxylic acids is 2. The van der Waals surface area contributed by atoms with Gasteiger partial charge in [-0.25, -0.2) is 0 Å². The molecule has 8 nitrogen and oxygen atoms in total. The standard InChI is InChI=1S/C35H54O8/c1-19-34-17-16-33(7)22-8-10-24(30(32(5,6)40)41-20(2)36)42-25(22)18-23(33)21(34)9-11-26-31(3,4)27(14-15-35(19,26)34)43-29(39)13-12-28(37)38/h19,21-27,30,40H,8-18H2,1-7H3,(H,37,38)/t19-,21-,22?,23?,24+,25?,26?,27-,30-,33+,34-,35?/m0/s1. The first-order valence-electron chi connectivity index (χ1n) is 17.0. The summed E-state index contributed by atoms with van der Waals surface area (Å²) in [4.78, 5) is 35.5. The molecule has 2 spiro atoms. The van der Waals surface area contributed by atoms with E-state index in [1.54, 1.807) is 13.8 Å². The van der Waals surface area contributed by atoms with Crippen LogP contribution in [0.4, 0.5) is 0 Å². The van der Waals surface area contributed by atoms with E-state index in [2.05, 4.69) is 27.7 Å². The van der Waals surface area contributed by atoms with Crippen molar-refractivity contribution < 1.29 is 38.8 Å². The van der Waals surface area contributed by atoms with Crippen molar-refractivity contribution in [3.05, 3.63) is 0 Å². The molecule has 1 aliphatic heterocycles. The Morgan fingerprint density at radius 2 is 1.63 bits per heavy atom. The molecule has 0 aromatic heterocycles. The number of fused-ring (bicyclic) bond motifs is 4. The zero-order valence-corrected chi connectivity index (χ0v) is 27.3. The predicted octanol–water partition coefficient (Wildman–Crippen LogP) is 5.92. The van der Waals surface area contributed by atoms with Gasteiger partial charge in [0.2, 0.25) is 0 Å². The van der Waals surface area contributed by atoms with Crippen LogP contribution in [-0.4, -0.2) is 58.1 Å². The smallest absolute Gasteiger partial charge is 0.306 e. The van der Waals surface area contributed by atoms with Crippen molar-refractivity contribution in [2.45, 2.75) is 149 Å². The van der Waals surface area contributed by atoms with E-state index in [0.717, 1.165) is 38.5 Å². The fourth-order valence-electron chi connectivity index (χ4n) is 12.7. The predicted molar refractivity (Wildman–Crippen MR) is 159 cm³/mol. The number of carbonyl (C=O) groups is 3. The molecular formula is C35H54O8. The second-order valence-corrected chi connectivity index (χ2v) is 16.7. The first kappa shape index (κ1) is 31.3. The Balaban J connectivity index is 1.20. The molecule has 0 aromatic carbocycles. The second-order valence-electron chi connectivity index (χ2n) is 16.7. The number of aliphatic hydroxyl groups is 1. The van der Waals surface area contributed by atoms with Gasteiger partial charge < -0.3 is 24.4 Å². The number of aliphatic carboxylic acids is 1. The Hall–Kier alpha value is -1.67. The van der Waals surface area contributed by atoms with E-state index in [0.29, 0.717) is 35.0 Å². The summed E-state index contributed by atoms with van der Waals surface area (Å²) in [5, 5.41) is 19.9. The summed E-state index contributed by atoms with van der Waals surface area (Å²) in [5.41, 5.74) is -0.477. The highest BCUT2D eigenvalue weighted by Gasteiger charge is 2.85. The fourth-order valence-corrected chi connectivity index (χ4v) is 12.7. The Morgan fingerprint density at radius 3 is 2.28 bits per heavy atom. The summed E-state index contributed by atoms with van der Waals surface area (Å²) in [6.07, 6.45) is 8.38. The van der Waals surface area contributed by atoms with Gasteiger partial charge >= 0.3 is 17.9 Å². The molecule has 0 aromatic rings. The third-order valence-corrected chi connectivity index (χ3v) is 14.4. The van der Waals surface area contributed by atoms with E-state index in [9.17, 15) is 19.5 Å². The van der Waals surface area contributed by atoms with Crippen LogP contribution >= 0.6 is 0 Å². The molecule has 43 heavy (non-hydrogen) atoms. The summed E-state index contributed by atoms with van der Waals surface area (Å²) in [6.45, 7) is 14.4. The molecular weight excluding hydrogens is 548 g/mol. The van der Waals surface area contributed by atoms with Crippen molar-refractivity contribution in [3.63, 3.8) is 0 Å². The maximum atomic E-state index is 12.6. The third kappa shape index (κ3) is 4.45. The SMILES string of the molecule is CC(=O)O[C@@H]([C@H]1CCC2C(CC3[C@@H]4CCC5C(C)(C)[C@@H](OC(=O)CCC(=O)O)CCC56[C@@H](C)[C@@]46CC[C@]23C)O1)C(C)(C)O. The average Bonchev–Trinajstić information content (AvgIpc) is 3.29. The van der Waals surface area contributed by atoms with E-state index in [4.69, 9.17) is 19.3 Å². The van der Waals surface area contributed by atoms with Gasteiger partial charge in [-0.2, -0.15) is 0 Å². The minimum atomic E-state index is -1.17. The molecule has 5 unspecified atom stereocenters. The number of ether oxygens (including phenoxy) is 3. The van der Waals surface area contributed by atoms with Crippen LogP contribution in [0.25, 0.3) is 0 Å². The van der Waals surface area contributed by atoms with Gasteiger partial charge in [-0.1, -0.05) is 27.7 Å². The van der Waals surface area contributed by atoms with Gasteiger partial charge in [0.15, 0.2) is 6.10 Å². The molecule has 0 radical (unpaired) electrons. The number of esters is 2. The van der Waals surface area contributed by atoms with E-state index in [1.807, 2.05) is 0 Å². The number of carboxylic acids is 1. The van der Waals surface area contributed by atoms with Gasteiger partial charge in [0, 0.05) is 12.3 Å². The highest BCUT2D eigenvalue weighted by atomic mass is 16.6. The van der Waals surface area contributed by atoms with Gasteiger partial charge in [0.25, 0.3) is 0 Å². The molecule has 0 bridgehead atoms. The topological polar surface area (TPSA) is 119 Å². The first-order chi connectivity index (χ1) is 20.0. The van der Waals surface area contributed by atoms with Gasteiger partial charge in [-0.15, -0.1) is 0 Å². The maximum Gasteiger partial charge on any atom is 0.306 e. The Bertz CT molecular complexity index is 1160. The lowest BCUT2D eigenvalue weighted by atomic mass is 9.46. The van der Waals surface area contributed by atoms with Crippen LogP contribution in [0, 0.1) is 51.2 Å². The number of hydrogen-bond acceptors (Lipinski definition) is 7. The summed E-state index contributed by atoms with van der Waals surface area (Å²) >= 11 is 0. The van der Waals surface area contributed by atoms with Crippen molar-refractivity contribution in [1.82, 2.24) is 0 Å². The van der Waals surface area contributed by atoms with Crippen LogP contribution in [0.5, 0.6) is 0 Å². The number of rotatable bonds is 7. The Labute approximate surface area is 257 Å². The molecule has 5 saturated carbocycles. The molecule has 242 valence electrons. The van der Waals surface area contributed by atoms with Crippen LogP contribution < -0.4 is 0 Å². The lowest BCUT2D eigenvalue weighted by molar-refractivity contribution is -0.200. The average molecular weight is 603 g/mol. The van der Waals surface area contributed by atoms with Gasteiger partial charge in [0.05, 0.1) is 30.7 Å². The van der Waals surface area contributed by atoms with Crippen molar-refractivity contribution in [1.29, 1.82) is 0 Å². The van der Waals surface area contributed by atoms with Crippen LogP contribution in [0.15, 0.2) is 0 Å². The lowest BCUT2D eigenvalue weighted by Gasteiger charge is -2.59. The minimum absolute atomic E-state index is 0.0664. The summed E-state index contributed by atoms with van der Waals surface area (Å²) in [6, 6.07) is 0. The van der Waals surface area contributed by atoms with E-state index in [-0.39, 0.29) is 59.3 Å². The molecule has 6 aliphatic rings. The zero-order chi connectivity index (χ0) is 31.3. The molecule has 12 atom stereocenters. The quantitative estimate of drug-likeness (QED) is 0.345. The van der Waals surface area contributed by atoms with Crippen molar-refractivity contribution >= 4 is 17.9 Å². The lowest BCUT2D eigenvalue weighted by Crippen LogP contribution is -2.55. The highest BCUT2D eigenvalue weighted by molar-refractivity contribution is 5.76. The van der Waals surface area contributed by atoms with Crippen molar-refractivity contribution in [2.24, 2.45) is 51.2 Å². The molecule has 0 amide bonds. The Morgan fingerprint density at radius 1 is 0.930 bits per heavy atom. The second kappa shape index (κ2) is 10.2. The molecule has 6 rings (SSSR count). The first-order valence-corrected chi connectivity index (χ1v) is 17.0. The van der Waals surface area contributed by atoms with Crippen LogP contribution in [-0.2, 0) is 28.6 Å². The zero-order valence-electron chi connectivity index (χ0n) is 27.3. The number of hydrogen-bond donors (Lipinski definition) is 2. The normalized spacial score (nSPS) is 46.6. The van der Waals surface area contributed by atoms with Crippen LogP contribution in [0.2, 0.25) is 0 Å². The Kier molecular flexibility index (Phi) is 7.41. The largest absolute Gasteiger partial charge is 0.481 e. The van der Waals surface area contributed by atoms with E-state index >= 15 is 0 Å². The molecule has 5 aliphatic carbocycles. The monoisotopic (exact) mass is 602 g/mol. The van der Waals surface area contributed by atoms with Gasteiger partial charge in [-0.05, 0) is 117 Å². The summed E-state index contributed by atoms with van der Waals surface area (Å²) in [5.74, 6) is 1.15. The van der Waals surface area contributed by atoms with Crippen LogP contribution in [0.3, 0.4) is 0 Å². The van der Waals surface area contributed by atoms with Crippen molar-refractivity contribution in [3.8, 4) is 0 Å². The van der Waals surface area contributed by atoms with Gasteiger partial charge in [0.1, 0.15) is 6.10 Å². The molecule has 1 saturated heterocycles. The van der Waals surface area contributed by atoms with E-state index in [1.165, 1.54) is 26.2 Å². The van der Waals surface area contributed by atoms with Crippen LogP contribution in [0.1, 0.15) is 119 Å². The molecule has 6 fully saturated rings. The van der Waals surface area contributed by atoms with Gasteiger partial charge in [-0.3, -0.25) is 14.4 Å². The fraction of sp³-hybridized carbons (Fsp3) is 0.914. The van der Waals surface area contributed by atoms with Crippen molar-refractivity contribution in [2.75, 3.05) is 0 Å². The maximum absolute atomic E-state index is 12.6. The molecule has 8 heteroatoms. The molecule has 1 heterocycles.